The maximum atomic E-state index is 12.5. The van der Waals surface area contributed by atoms with Crippen LogP contribution < -0.4 is 28.6 Å². The number of hydrogen-bond donors (Lipinski definition) is 1. The molecule has 0 aromatic carbocycles. The third-order valence-electron chi connectivity index (χ3n) is 4.68. The maximum absolute atomic E-state index is 12.5. The van der Waals surface area contributed by atoms with Gasteiger partial charge in [-0.15, -0.1) is 0 Å². The first-order valence-corrected chi connectivity index (χ1v) is 15.2. The summed E-state index contributed by atoms with van der Waals surface area (Å²) in [6, 6.07) is 0. The van der Waals surface area contributed by atoms with Crippen LogP contribution in [0.4, 0.5) is 0 Å². The second-order valence-electron chi connectivity index (χ2n) is 6.70. The molecule has 0 bridgehead atoms. The molecule has 0 atom stereocenters. The molecule has 2 nitrogen and oxygen atoms in total. The molecule has 2 rings (SSSR count). The third kappa shape index (κ3) is 5.83. The van der Waals surface area contributed by atoms with Gasteiger partial charge in [0.2, 0.25) is 0 Å². The van der Waals surface area contributed by atoms with Crippen molar-refractivity contribution >= 4 is 12.6 Å². The predicted molar refractivity (Wildman–Crippen MR) is 84.7 cm³/mol. The van der Waals surface area contributed by atoms with Crippen molar-refractivity contribution in [2.75, 3.05) is 0 Å². The van der Waals surface area contributed by atoms with Gasteiger partial charge in [-0.25, -0.2) is 0 Å². The molecule has 0 aliphatic heterocycles. The fourth-order valence-corrected chi connectivity index (χ4v) is 12.7. The molecule has 6 heteroatoms. The van der Waals surface area contributed by atoms with Crippen LogP contribution in [0.2, 0.25) is 13.1 Å². The van der Waals surface area contributed by atoms with Gasteiger partial charge < -0.3 is 24.8 Å². The molecule has 0 aromatic heterocycles. The van der Waals surface area contributed by atoms with Crippen molar-refractivity contribution in [3.8, 4) is 0 Å². The summed E-state index contributed by atoms with van der Waals surface area (Å²) in [5.41, 5.74) is 2.94. The van der Waals surface area contributed by atoms with E-state index in [9.17, 15) is 4.79 Å². The van der Waals surface area contributed by atoms with Gasteiger partial charge in [-0.1, -0.05) is 0 Å². The molecule has 22 heavy (non-hydrogen) atoms. The SMILES string of the molecule is CC1=C(C)C[C]([Ti+2]([NH]C(=O)C2CCCCC2)[SiH](C)C)=C1.[Cl-].[Cl-]. The van der Waals surface area contributed by atoms with Gasteiger partial charge in [0.1, 0.15) is 0 Å². The zero-order valence-corrected chi connectivity index (χ0v) is 18.4. The number of rotatable bonds is 4. The summed E-state index contributed by atoms with van der Waals surface area (Å²) in [7, 11) is 0. The minimum Gasteiger partial charge on any atom is -1.00 e. The molecule has 0 radical (unpaired) electrons. The second-order valence-corrected chi connectivity index (χ2v) is 19.5. The summed E-state index contributed by atoms with van der Waals surface area (Å²) in [5, 5.41) is 0. The Morgan fingerprint density at radius 1 is 1.18 bits per heavy atom. The van der Waals surface area contributed by atoms with Gasteiger partial charge in [0.15, 0.2) is 0 Å². The van der Waals surface area contributed by atoms with E-state index in [0.717, 1.165) is 19.3 Å². The summed E-state index contributed by atoms with van der Waals surface area (Å²) in [6.45, 7) is 8.52. The number of halogens is 2. The summed E-state index contributed by atoms with van der Waals surface area (Å²) < 4.78 is 5.18. The van der Waals surface area contributed by atoms with E-state index in [1.165, 1.54) is 30.4 Å². The Labute approximate surface area is 155 Å². The van der Waals surface area contributed by atoms with E-state index in [2.05, 4.69) is 36.8 Å². The molecule has 0 saturated heterocycles. The van der Waals surface area contributed by atoms with Gasteiger partial charge >= 0.3 is 131 Å². The van der Waals surface area contributed by atoms with Gasteiger partial charge in [0.05, 0.1) is 0 Å². The van der Waals surface area contributed by atoms with Gasteiger partial charge in [-0.3, -0.25) is 0 Å². The van der Waals surface area contributed by atoms with E-state index in [0.29, 0.717) is 11.8 Å². The molecule has 125 valence electrons. The molecular weight excluding hydrogens is 369 g/mol. The van der Waals surface area contributed by atoms with E-state index in [-0.39, 0.29) is 24.8 Å². The van der Waals surface area contributed by atoms with E-state index in [1.807, 2.05) is 0 Å². The van der Waals surface area contributed by atoms with Crippen molar-refractivity contribution < 1.29 is 47.0 Å². The number of carbonyl (C=O) groups excluding carboxylic acids is 1. The van der Waals surface area contributed by atoms with Crippen molar-refractivity contribution in [2.24, 2.45) is 5.92 Å². The average Bonchev–Trinajstić information content (AvgIpc) is 2.76. The van der Waals surface area contributed by atoms with Crippen molar-refractivity contribution in [3.05, 3.63) is 21.1 Å². The molecule has 1 fully saturated rings. The maximum Gasteiger partial charge on any atom is -1.00 e. The second kappa shape index (κ2) is 10.4. The number of nitrogens with one attached hydrogen (secondary N) is 1. The van der Waals surface area contributed by atoms with Crippen molar-refractivity contribution in [3.63, 3.8) is 0 Å². The molecule has 0 unspecified atom stereocenters. The molecule has 1 amide bonds. The molecule has 1 saturated carbocycles. The topological polar surface area (TPSA) is 29.1 Å². The quantitative estimate of drug-likeness (QED) is 0.538. The zero-order valence-electron chi connectivity index (χ0n) is 14.1. The number of carbonyl (C=O) groups is 1. The van der Waals surface area contributed by atoms with Crippen LogP contribution in [0.3, 0.4) is 0 Å². The summed E-state index contributed by atoms with van der Waals surface area (Å²) in [5.74, 6) is 0.708. The van der Waals surface area contributed by atoms with E-state index in [4.69, 9.17) is 0 Å². The van der Waals surface area contributed by atoms with Gasteiger partial charge in [-0.05, 0) is 0 Å². The van der Waals surface area contributed by atoms with Crippen LogP contribution in [0.25, 0.3) is 0 Å². The van der Waals surface area contributed by atoms with Crippen molar-refractivity contribution in [1.82, 2.24) is 3.80 Å². The standard InChI is InChI=1S/C7H13NO.C7H9.C2H7Si.2ClH.Ti/c8-7(9)6-4-2-1-3-5-6;1-6-4-3-5-7(6)2;1-3-2;;;/h6H,1-5H2,(H2,8,9);4H,5H2,1-2H3;3H,1-2H3;2*1H;/q;;;;;+3/p-3. The van der Waals surface area contributed by atoms with Crippen LogP contribution in [0, 0.1) is 5.92 Å². The van der Waals surface area contributed by atoms with Crippen molar-refractivity contribution in [2.45, 2.75) is 65.5 Å². The van der Waals surface area contributed by atoms with Crippen LogP contribution in [0.1, 0.15) is 52.4 Å². The van der Waals surface area contributed by atoms with Crippen LogP contribution in [-0.2, 0) is 22.2 Å². The molecule has 0 aromatic rings. The predicted octanol–water partition coefficient (Wildman–Crippen LogP) is -2.17. The summed E-state index contributed by atoms with van der Waals surface area (Å²) in [4.78, 5) is 12.5. The van der Waals surface area contributed by atoms with Crippen molar-refractivity contribution in [1.29, 1.82) is 0 Å². The Balaban J connectivity index is 0.00000220. The fourth-order valence-electron chi connectivity index (χ4n) is 3.23. The number of allylic oxidation sites excluding steroid dienone is 4. The van der Waals surface area contributed by atoms with Gasteiger partial charge in [0, 0.05) is 0 Å². The molecule has 0 heterocycles. The smallest absolute Gasteiger partial charge is 1.00 e. The average molecular weight is 397 g/mol. The molecular formula is C16H28Cl2NOSiTi. The zero-order chi connectivity index (χ0) is 14.7. The minimum absolute atomic E-state index is 0. The first kappa shape index (κ1) is 22.5. The van der Waals surface area contributed by atoms with Gasteiger partial charge in [0.25, 0.3) is 0 Å². The Kier molecular flexibility index (Phi) is 10.6. The Morgan fingerprint density at radius 3 is 2.23 bits per heavy atom. The molecule has 2 aliphatic carbocycles. The first-order chi connectivity index (χ1) is 9.49. The van der Waals surface area contributed by atoms with Crippen LogP contribution in [-0.4, -0.2) is 12.6 Å². The van der Waals surface area contributed by atoms with E-state index in [1.54, 1.807) is 3.88 Å². The Hall–Kier alpha value is 0.461. The summed E-state index contributed by atoms with van der Waals surface area (Å²) in [6.07, 6.45) is 9.57. The number of amides is 1. The minimum atomic E-state index is -1.52. The van der Waals surface area contributed by atoms with E-state index < -0.39 is 24.0 Å². The summed E-state index contributed by atoms with van der Waals surface area (Å²) >= 11 is -1.52. The normalized spacial score (nSPS) is 18.5. The Bertz CT molecular complexity index is 445. The van der Waals surface area contributed by atoms with E-state index >= 15 is 0 Å². The largest absolute Gasteiger partial charge is 1.00 e. The first-order valence-electron chi connectivity index (χ1n) is 8.04. The molecule has 0 spiro atoms. The molecule has 1 N–H and O–H groups in total. The molecule has 2 aliphatic rings. The Morgan fingerprint density at radius 2 is 1.77 bits per heavy atom. The monoisotopic (exact) mass is 396 g/mol. The third-order valence-corrected chi connectivity index (χ3v) is 15.8. The van der Waals surface area contributed by atoms with Gasteiger partial charge in [-0.2, -0.15) is 0 Å². The number of hydrogen-bond acceptors (Lipinski definition) is 1. The van der Waals surface area contributed by atoms with Crippen LogP contribution >= 0.6 is 0 Å². The fraction of sp³-hybridized carbons (Fsp3) is 0.688. The van der Waals surface area contributed by atoms with Crippen LogP contribution in [0.15, 0.2) is 21.1 Å². The van der Waals surface area contributed by atoms with Crippen LogP contribution in [0.5, 0.6) is 0 Å².